The Balaban J connectivity index is 1.63. The van der Waals surface area contributed by atoms with Crippen molar-refractivity contribution in [3.8, 4) is 17.2 Å². The molecule has 1 aliphatic heterocycles. The first kappa shape index (κ1) is 20.9. The Morgan fingerprint density at radius 2 is 2.03 bits per heavy atom. The number of carbonyl (C=O) groups excluding carboxylic acids is 1. The maximum Gasteiger partial charge on any atom is 0.239 e. The van der Waals surface area contributed by atoms with Gasteiger partial charge in [0.05, 0.1) is 29.4 Å². The minimum atomic E-state index is -0.921. The normalized spacial score (nSPS) is 20.7. The van der Waals surface area contributed by atoms with E-state index in [0.29, 0.717) is 11.1 Å². The molecule has 6 nitrogen and oxygen atoms in total. The van der Waals surface area contributed by atoms with Crippen LogP contribution in [0.5, 0.6) is 0 Å². The van der Waals surface area contributed by atoms with Crippen LogP contribution in [-0.2, 0) is 10.3 Å². The molecule has 164 valence electrons. The summed E-state index contributed by atoms with van der Waals surface area (Å²) in [6.45, 7) is 1.89. The van der Waals surface area contributed by atoms with Crippen molar-refractivity contribution in [2.75, 3.05) is 7.05 Å². The lowest BCUT2D eigenvalue weighted by molar-refractivity contribution is -0.131. The fourth-order valence-electron chi connectivity index (χ4n) is 4.36. The van der Waals surface area contributed by atoms with Gasteiger partial charge in [-0.3, -0.25) is 15.1 Å². The number of rotatable bonds is 3. The number of nitriles is 1. The number of hydrogen-bond donors (Lipinski definition) is 2. The summed E-state index contributed by atoms with van der Waals surface area (Å²) < 4.78 is 19.6. The average molecular weight is 459 g/mol. The maximum absolute atomic E-state index is 14.0. The molecule has 1 amide bonds. The number of benzene rings is 2. The zero-order valence-electron chi connectivity index (χ0n) is 17.8. The first-order chi connectivity index (χ1) is 15.8. The van der Waals surface area contributed by atoms with Crippen molar-refractivity contribution in [1.29, 1.82) is 10.7 Å². The van der Waals surface area contributed by atoms with E-state index in [0.717, 1.165) is 21.4 Å². The van der Waals surface area contributed by atoms with Gasteiger partial charge in [-0.2, -0.15) is 5.26 Å². The molecule has 1 aliphatic rings. The lowest BCUT2D eigenvalue weighted by Gasteiger charge is -2.45. The zero-order chi connectivity index (χ0) is 23.3. The highest BCUT2D eigenvalue weighted by molar-refractivity contribution is 7.10. The summed E-state index contributed by atoms with van der Waals surface area (Å²) in [5.74, 6) is -1.31. The van der Waals surface area contributed by atoms with E-state index in [2.05, 4.69) is 5.32 Å². The molecule has 0 unspecified atom stereocenters. The van der Waals surface area contributed by atoms with Gasteiger partial charge in [0.2, 0.25) is 5.91 Å². The maximum atomic E-state index is 14.0. The summed E-state index contributed by atoms with van der Waals surface area (Å²) in [4.78, 5) is 15.6. The van der Waals surface area contributed by atoms with Gasteiger partial charge in [0.1, 0.15) is 11.4 Å². The molecule has 33 heavy (non-hydrogen) atoms. The van der Waals surface area contributed by atoms with E-state index in [1.807, 2.05) is 48.7 Å². The summed E-state index contributed by atoms with van der Waals surface area (Å²) in [6, 6.07) is 15.6. The first-order valence-electron chi connectivity index (χ1n) is 10.2. The summed E-state index contributed by atoms with van der Waals surface area (Å²) in [6.07, 6.45) is 1.61. The van der Waals surface area contributed by atoms with Crippen LogP contribution in [0.3, 0.4) is 0 Å². The second kappa shape index (κ2) is 7.57. The minimum Gasteiger partial charge on any atom is -0.464 e. The van der Waals surface area contributed by atoms with Gasteiger partial charge in [-0.1, -0.05) is 12.1 Å². The van der Waals surface area contributed by atoms with Crippen LogP contribution >= 0.6 is 11.3 Å². The van der Waals surface area contributed by atoms with Crippen LogP contribution < -0.4 is 5.32 Å². The van der Waals surface area contributed by atoms with Crippen molar-refractivity contribution in [3.63, 3.8) is 0 Å². The molecule has 0 saturated carbocycles. The fraction of sp³-hybridized carbons (Fsp3) is 0.160. The van der Waals surface area contributed by atoms with Gasteiger partial charge in [-0.15, -0.1) is 11.3 Å². The second-order valence-corrected chi connectivity index (χ2v) is 9.18. The van der Waals surface area contributed by atoms with Gasteiger partial charge in [-0.25, -0.2) is 4.39 Å². The van der Waals surface area contributed by atoms with E-state index in [1.54, 1.807) is 19.4 Å². The van der Waals surface area contributed by atoms with Crippen LogP contribution in [0.1, 0.15) is 28.8 Å². The third-order valence-electron chi connectivity index (χ3n) is 6.15. The Hall–Kier alpha value is -3.96. The molecule has 5 rings (SSSR count). The van der Waals surface area contributed by atoms with Crippen molar-refractivity contribution in [1.82, 2.24) is 10.2 Å². The molecule has 0 spiro atoms. The number of thiophene rings is 1. The monoisotopic (exact) mass is 458 g/mol. The van der Waals surface area contributed by atoms with Crippen LogP contribution in [0.4, 0.5) is 4.39 Å². The number of carbonyl (C=O) groups is 1. The van der Waals surface area contributed by atoms with Crippen molar-refractivity contribution >= 4 is 34.2 Å². The van der Waals surface area contributed by atoms with Crippen LogP contribution in [-0.4, -0.2) is 23.8 Å². The third-order valence-corrected chi connectivity index (χ3v) is 7.32. The topological polar surface area (TPSA) is 93.1 Å². The zero-order valence-corrected chi connectivity index (χ0v) is 18.7. The molecule has 0 aliphatic carbocycles. The lowest BCUT2D eigenvalue weighted by atomic mass is 9.76. The van der Waals surface area contributed by atoms with Gasteiger partial charge in [0, 0.05) is 17.3 Å². The number of nitrogens with zero attached hydrogens (tertiary/aromatic N) is 2. The Kier molecular flexibility index (Phi) is 4.80. The Morgan fingerprint density at radius 3 is 2.82 bits per heavy atom. The number of halogens is 1. The van der Waals surface area contributed by atoms with Crippen molar-refractivity contribution < 1.29 is 13.6 Å². The highest BCUT2D eigenvalue weighted by atomic mass is 32.1. The Bertz CT molecular complexity index is 1470. The molecule has 3 heterocycles. The van der Waals surface area contributed by atoms with E-state index in [-0.39, 0.29) is 17.4 Å². The van der Waals surface area contributed by atoms with Crippen molar-refractivity contribution in [3.05, 3.63) is 82.0 Å². The van der Waals surface area contributed by atoms with E-state index >= 15 is 0 Å². The quantitative estimate of drug-likeness (QED) is 0.443. The Labute approximate surface area is 193 Å². The van der Waals surface area contributed by atoms with Crippen molar-refractivity contribution in [2.45, 2.75) is 18.4 Å². The van der Waals surface area contributed by atoms with Crippen LogP contribution in [0.15, 0.2) is 64.6 Å². The van der Waals surface area contributed by atoms with Crippen LogP contribution in [0.25, 0.3) is 22.1 Å². The number of amides is 1. The van der Waals surface area contributed by atoms with Gasteiger partial charge in [-0.05, 0) is 65.4 Å². The van der Waals surface area contributed by atoms with E-state index in [4.69, 9.17) is 9.83 Å². The summed E-state index contributed by atoms with van der Waals surface area (Å²) in [5, 5.41) is 23.6. The highest BCUT2D eigenvalue weighted by Crippen LogP contribution is 2.45. The fourth-order valence-corrected chi connectivity index (χ4v) is 5.43. The number of guanidine groups is 1. The predicted molar refractivity (Wildman–Crippen MR) is 124 cm³/mol. The largest absolute Gasteiger partial charge is 0.464 e. The first-order valence-corrected chi connectivity index (χ1v) is 11.1. The molecule has 2 atom stereocenters. The Morgan fingerprint density at radius 1 is 1.21 bits per heavy atom. The molecule has 2 aromatic heterocycles. The molecule has 0 bridgehead atoms. The minimum absolute atomic E-state index is 0.00491. The smallest absolute Gasteiger partial charge is 0.239 e. The van der Waals surface area contributed by atoms with Gasteiger partial charge < -0.3 is 9.73 Å². The average Bonchev–Trinajstić information content (AvgIpc) is 3.47. The SMILES string of the molecule is CN1C(=N)N[C@](C)(c2cc(-c3cc(F)cc(C#N)c3)cs2)[C@H](c2ccc3ccoc3c2)C1=O. The standard InChI is InChI=1S/C25H19FN4O2S/c1-25(21-11-18(13-33-21)17-7-14(12-27)8-19(26)9-17)22(23(31)30(2)24(28)29-25)16-4-3-15-5-6-32-20(15)10-16/h3-11,13,22H,1-2H3,(H2,28,29)/t22-,25-/m1/s1. The summed E-state index contributed by atoms with van der Waals surface area (Å²) >= 11 is 1.42. The van der Waals surface area contributed by atoms with E-state index in [9.17, 15) is 14.4 Å². The second-order valence-electron chi connectivity index (χ2n) is 8.26. The lowest BCUT2D eigenvalue weighted by Crippen LogP contribution is -2.62. The van der Waals surface area contributed by atoms with Gasteiger partial charge in [0.25, 0.3) is 0 Å². The van der Waals surface area contributed by atoms with Crippen LogP contribution in [0, 0.1) is 22.6 Å². The molecular weight excluding hydrogens is 439 g/mol. The number of likely N-dealkylation sites (N-methyl/N-ethyl adjacent to an activating group) is 1. The van der Waals surface area contributed by atoms with Crippen LogP contribution in [0.2, 0.25) is 0 Å². The van der Waals surface area contributed by atoms with E-state index in [1.165, 1.54) is 28.4 Å². The summed E-state index contributed by atoms with van der Waals surface area (Å²) in [5.41, 5.74) is 2.09. The van der Waals surface area contributed by atoms with Crippen molar-refractivity contribution in [2.24, 2.45) is 0 Å². The number of fused-ring (bicyclic) bond motifs is 1. The number of nitrogens with one attached hydrogen (secondary N) is 2. The molecule has 2 aromatic carbocycles. The molecule has 4 aromatic rings. The molecule has 2 N–H and O–H groups in total. The highest BCUT2D eigenvalue weighted by Gasteiger charge is 2.49. The van der Waals surface area contributed by atoms with E-state index < -0.39 is 17.3 Å². The predicted octanol–water partition coefficient (Wildman–Crippen LogP) is 5.17. The summed E-state index contributed by atoms with van der Waals surface area (Å²) in [7, 11) is 1.58. The number of furan rings is 1. The van der Waals surface area contributed by atoms with Gasteiger partial charge in [0.15, 0.2) is 5.96 Å². The molecule has 8 heteroatoms. The molecule has 1 fully saturated rings. The molecule has 1 saturated heterocycles. The van der Waals surface area contributed by atoms with Gasteiger partial charge >= 0.3 is 0 Å². The number of hydrogen-bond acceptors (Lipinski definition) is 5. The molecular formula is C25H19FN4O2S. The third kappa shape index (κ3) is 3.38. The molecule has 0 radical (unpaired) electrons.